The summed E-state index contributed by atoms with van der Waals surface area (Å²) in [4.78, 5) is 25.9. The number of benzene rings is 2. The molecule has 162 valence electrons. The van der Waals surface area contributed by atoms with Crippen molar-refractivity contribution in [2.24, 2.45) is 0 Å². The Balaban J connectivity index is 1.89. The van der Waals surface area contributed by atoms with E-state index in [0.717, 1.165) is 6.07 Å². The van der Waals surface area contributed by atoms with Crippen molar-refractivity contribution in [1.82, 2.24) is 10.3 Å². The van der Waals surface area contributed by atoms with Crippen LogP contribution in [-0.2, 0) is 16.6 Å². The topological polar surface area (TPSA) is 149 Å². The van der Waals surface area contributed by atoms with E-state index in [2.05, 4.69) is 31.0 Å². The first-order valence-corrected chi connectivity index (χ1v) is 11.2. The molecule has 12 heteroatoms. The Morgan fingerprint density at radius 1 is 1.13 bits per heavy atom. The first-order chi connectivity index (χ1) is 14.6. The Morgan fingerprint density at radius 3 is 2.58 bits per heavy atom. The second-order valence-corrected chi connectivity index (χ2v) is 9.31. The molecule has 0 bridgehead atoms. The molecule has 1 amide bonds. The van der Waals surface area contributed by atoms with Gasteiger partial charge in [-0.05, 0) is 42.0 Å². The molecule has 0 atom stereocenters. The van der Waals surface area contributed by atoms with Gasteiger partial charge in [-0.1, -0.05) is 27.5 Å². The van der Waals surface area contributed by atoms with Gasteiger partial charge < -0.3 is 20.5 Å². The van der Waals surface area contributed by atoms with E-state index in [1.54, 1.807) is 6.07 Å². The molecular formula is C19H15BrClN3O6S. The van der Waals surface area contributed by atoms with Gasteiger partial charge in [0.15, 0.2) is 5.75 Å². The number of aromatic hydroxyl groups is 2. The highest BCUT2D eigenvalue weighted by Gasteiger charge is 2.23. The maximum Gasteiger partial charge on any atom is 0.265 e. The number of pyridine rings is 1. The van der Waals surface area contributed by atoms with Crippen LogP contribution in [0.2, 0.25) is 5.02 Å². The molecular weight excluding hydrogens is 514 g/mol. The van der Waals surface area contributed by atoms with Crippen molar-refractivity contribution in [3.05, 3.63) is 79.6 Å². The Bertz CT molecular complexity index is 1330. The van der Waals surface area contributed by atoms with Crippen LogP contribution in [0.3, 0.4) is 0 Å². The zero-order valence-electron chi connectivity index (χ0n) is 15.5. The minimum Gasteiger partial charge on any atom is -0.507 e. The van der Waals surface area contributed by atoms with Crippen LogP contribution in [0.15, 0.2) is 62.8 Å². The quantitative estimate of drug-likeness (QED) is 0.311. The van der Waals surface area contributed by atoms with Crippen LogP contribution in [0.4, 0.5) is 5.69 Å². The first kappa shape index (κ1) is 22.7. The van der Waals surface area contributed by atoms with Crippen LogP contribution in [0.1, 0.15) is 15.9 Å². The molecule has 5 N–H and O–H groups in total. The molecule has 0 unspecified atom stereocenters. The van der Waals surface area contributed by atoms with Crippen molar-refractivity contribution in [2.45, 2.75) is 11.4 Å². The van der Waals surface area contributed by atoms with E-state index in [0.29, 0.717) is 10.0 Å². The van der Waals surface area contributed by atoms with E-state index < -0.39 is 32.3 Å². The van der Waals surface area contributed by atoms with Crippen molar-refractivity contribution in [1.29, 1.82) is 0 Å². The molecule has 0 aliphatic carbocycles. The van der Waals surface area contributed by atoms with Gasteiger partial charge in [-0.3, -0.25) is 14.3 Å². The fraction of sp³-hybridized carbons (Fsp3) is 0.0526. The number of nitrogens with one attached hydrogen (secondary N) is 3. The second-order valence-electron chi connectivity index (χ2n) is 6.31. The summed E-state index contributed by atoms with van der Waals surface area (Å²) in [6.07, 6.45) is 1.42. The van der Waals surface area contributed by atoms with Crippen molar-refractivity contribution in [3.63, 3.8) is 0 Å². The number of anilines is 1. The van der Waals surface area contributed by atoms with E-state index in [-0.39, 0.29) is 28.4 Å². The third-order valence-corrected chi connectivity index (χ3v) is 6.17. The highest BCUT2D eigenvalue weighted by molar-refractivity contribution is 9.10. The molecule has 0 aliphatic heterocycles. The Morgan fingerprint density at radius 2 is 1.87 bits per heavy atom. The number of sulfonamides is 1. The number of hydrogen-bond acceptors (Lipinski definition) is 6. The largest absolute Gasteiger partial charge is 0.507 e. The summed E-state index contributed by atoms with van der Waals surface area (Å²) in [7, 11) is -4.33. The summed E-state index contributed by atoms with van der Waals surface area (Å²) >= 11 is 9.13. The second kappa shape index (κ2) is 9.00. The summed E-state index contributed by atoms with van der Waals surface area (Å²) in [5, 5.41) is 22.9. The number of carbonyl (C=O) groups is 1. The number of halogens is 2. The van der Waals surface area contributed by atoms with Gasteiger partial charge in [-0.15, -0.1) is 0 Å². The number of carbonyl (C=O) groups excluding carboxylic acids is 1. The summed E-state index contributed by atoms with van der Waals surface area (Å²) in [6.45, 7) is -0.0122. The van der Waals surface area contributed by atoms with Gasteiger partial charge in [-0.25, -0.2) is 8.42 Å². The molecule has 0 aliphatic rings. The highest BCUT2D eigenvalue weighted by Crippen LogP contribution is 2.35. The van der Waals surface area contributed by atoms with Gasteiger partial charge in [0, 0.05) is 28.3 Å². The molecule has 0 fully saturated rings. The maximum atomic E-state index is 12.7. The molecule has 0 saturated heterocycles. The van der Waals surface area contributed by atoms with Gasteiger partial charge in [0.25, 0.3) is 15.9 Å². The average molecular weight is 529 g/mol. The van der Waals surface area contributed by atoms with Crippen LogP contribution in [0, 0.1) is 0 Å². The Hall–Kier alpha value is -3.02. The predicted molar refractivity (Wildman–Crippen MR) is 118 cm³/mol. The maximum absolute atomic E-state index is 12.7. The standard InChI is InChI=1S/C19H15BrClN3O6S/c20-11-1-2-15(25)16(6-11)31(29,30)24-14-8-12(21)7-13(18(14)27)19(28)23-9-10-3-4-22-17(26)5-10/h1-8,24-25,27H,9H2,(H,22,26)(H,23,28). The van der Waals surface area contributed by atoms with Crippen molar-refractivity contribution in [3.8, 4) is 11.5 Å². The zero-order chi connectivity index (χ0) is 22.8. The zero-order valence-corrected chi connectivity index (χ0v) is 18.7. The van der Waals surface area contributed by atoms with Crippen LogP contribution >= 0.6 is 27.5 Å². The summed E-state index contributed by atoms with van der Waals surface area (Å²) < 4.78 is 27.9. The number of phenolic OH excluding ortho intramolecular Hbond substituents is 2. The lowest BCUT2D eigenvalue weighted by Crippen LogP contribution is -2.24. The SMILES string of the molecule is O=C(NCc1cc[nH]c(=O)c1)c1cc(Cl)cc(NS(=O)(=O)c2cc(Br)ccc2O)c1O. The minimum atomic E-state index is -4.33. The Kier molecular flexibility index (Phi) is 6.58. The van der Waals surface area contributed by atoms with E-state index in [1.165, 1.54) is 36.5 Å². The van der Waals surface area contributed by atoms with Gasteiger partial charge in [0.2, 0.25) is 5.56 Å². The first-order valence-electron chi connectivity index (χ1n) is 8.56. The lowest BCUT2D eigenvalue weighted by Gasteiger charge is -2.14. The fourth-order valence-electron chi connectivity index (χ4n) is 2.63. The number of phenols is 2. The molecule has 0 radical (unpaired) electrons. The number of amides is 1. The molecule has 0 spiro atoms. The lowest BCUT2D eigenvalue weighted by atomic mass is 10.1. The molecule has 2 aromatic carbocycles. The molecule has 1 aromatic heterocycles. The van der Waals surface area contributed by atoms with E-state index in [9.17, 15) is 28.2 Å². The van der Waals surface area contributed by atoms with E-state index in [4.69, 9.17) is 11.6 Å². The fourth-order valence-corrected chi connectivity index (χ4v) is 4.54. The van der Waals surface area contributed by atoms with E-state index in [1.807, 2.05) is 0 Å². The molecule has 31 heavy (non-hydrogen) atoms. The summed E-state index contributed by atoms with van der Waals surface area (Å²) in [5.41, 5.74) is -0.462. The summed E-state index contributed by atoms with van der Waals surface area (Å²) in [5.74, 6) is -1.91. The van der Waals surface area contributed by atoms with Gasteiger partial charge in [-0.2, -0.15) is 0 Å². The van der Waals surface area contributed by atoms with Gasteiger partial charge in [0.05, 0.1) is 11.3 Å². The van der Waals surface area contributed by atoms with Gasteiger partial charge >= 0.3 is 0 Å². The number of aromatic nitrogens is 1. The van der Waals surface area contributed by atoms with E-state index >= 15 is 0 Å². The smallest absolute Gasteiger partial charge is 0.265 e. The molecule has 3 rings (SSSR count). The van der Waals surface area contributed by atoms with Crippen LogP contribution in [0.25, 0.3) is 0 Å². The Labute approximate surface area is 189 Å². The average Bonchev–Trinajstić information content (AvgIpc) is 2.70. The van der Waals surface area contributed by atoms with Crippen molar-refractivity contribution < 1.29 is 23.4 Å². The van der Waals surface area contributed by atoms with Crippen molar-refractivity contribution in [2.75, 3.05) is 4.72 Å². The number of hydrogen-bond donors (Lipinski definition) is 5. The van der Waals surface area contributed by atoms with Gasteiger partial charge in [0.1, 0.15) is 10.6 Å². The summed E-state index contributed by atoms with van der Waals surface area (Å²) in [6, 6.07) is 8.98. The minimum absolute atomic E-state index is 0.0122. The monoisotopic (exact) mass is 527 g/mol. The third kappa shape index (κ3) is 5.37. The van der Waals surface area contributed by atoms with Crippen LogP contribution < -0.4 is 15.6 Å². The molecule has 1 heterocycles. The highest BCUT2D eigenvalue weighted by atomic mass is 79.9. The van der Waals surface area contributed by atoms with Crippen LogP contribution in [-0.4, -0.2) is 29.5 Å². The third-order valence-electron chi connectivity index (χ3n) is 4.07. The molecule has 9 nitrogen and oxygen atoms in total. The number of H-pyrrole nitrogens is 1. The predicted octanol–water partition coefficient (Wildman–Crippen LogP) is 2.93. The van der Waals surface area contributed by atoms with Crippen molar-refractivity contribution >= 4 is 49.1 Å². The normalized spacial score (nSPS) is 11.2. The molecule has 0 saturated carbocycles. The van der Waals surface area contributed by atoms with Crippen LogP contribution in [0.5, 0.6) is 11.5 Å². The number of aromatic amines is 1. The molecule has 3 aromatic rings. The lowest BCUT2D eigenvalue weighted by molar-refractivity contribution is 0.0948. The number of rotatable bonds is 6.